The van der Waals surface area contributed by atoms with Crippen LogP contribution in [0.5, 0.6) is 0 Å². The van der Waals surface area contributed by atoms with Crippen molar-refractivity contribution in [2.75, 3.05) is 26.7 Å². The van der Waals surface area contributed by atoms with E-state index < -0.39 is 5.54 Å². The van der Waals surface area contributed by atoms with Gasteiger partial charge in [0.05, 0.1) is 7.11 Å². The van der Waals surface area contributed by atoms with Crippen molar-refractivity contribution in [3.63, 3.8) is 0 Å². The number of methoxy groups -OCH3 is 1. The summed E-state index contributed by atoms with van der Waals surface area (Å²) in [5, 5.41) is 3.48. The van der Waals surface area contributed by atoms with Crippen LogP contribution in [0.15, 0.2) is 0 Å². The summed E-state index contributed by atoms with van der Waals surface area (Å²) in [6.07, 6.45) is 4.84. The van der Waals surface area contributed by atoms with Crippen molar-refractivity contribution in [3.05, 3.63) is 0 Å². The largest absolute Gasteiger partial charge is 0.468 e. The average molecular weight is 282 g/mol. The average Bonchev–Trinajstić information content (AvgIpc) is 3.28. The highest BCUT2D eigenvalue weighted by Crippen LogP contribution is 2.42. The number of hydrogen-bond acceptors (Lipinski definition) is 4. The lowest BCUT2D eigenvalue weighted by molar-refractivity contribution is -0.151. The Morgan fingerprint density at radius 1 is 1.35 bits per heavy atom. The highest BCUT2D eigenvalue weighted by molar-refractivity contribution is 5.82. The van der Waals surface area contributed by atoms with E-state index in [2.05, 4.69) is 31.0 Å². The monoisotopic (exact) mass is 282 g/mol. The van der Waals surface area contributed by atoms with Crippen LogP contribution in [0.2, 0.25) is 0 Å². The van der Waals surface area contributed by atoms with Crippen LogP contribution in [0.4, 0.5) is 0 Å². The van der Waals surface area contributed by atoms with Gasteiger partial charge >= 0.3 is 5.97 Å². The summed E-state index contributed by atoms with van der Waals surface area (Å²) in [6, 6.07) is 0.679. The molecule has 1 atom stereocenters. The maximum Gasteiger partial charge on any atom is 0.327 e. The minimum Gasteiger partial charge on any atom is -0.468 e. The van der Waals surface area contributed by atoms with Gasteiger partial charge in [-0.1, -0.05) is 20.8 Å². The van der Waals surface area contributed by atoms with Crippen molar-refractivity contribution < 1.29 is 9.53 Å². The van der Waals surface area contributed by atoms with Gasteiger partial charge < -0.3 is 10.1 Å². The van der Waals surface area contributed by atoms with E-state index >= 15 is 0 Å². The molecule has 0 aromatic carbocycles. The van der Waals surface area contributed by atoms with Crippen LogP contribution in [-0.4, -0.2) is 49.2 Å². The predicted molar refractivity (Wildman–Crippen MR) is 80.6 cm³/mol. The van der Waals surface area contributed by atoms with Gasteiger partial charge in [0, 0.05) is 19.1 Å². The van der Waals surface area contributed by atoms with E-state index in [1.165, 1.54) is 20.0 Å². The van der Waals surface area contributed by atoms with Gasteiger partial charge in [-0.3, -0.25) is 4.90 Å². The Labute approximate surface area is 123 Å². The van der Waals surface area contributed by atoms with Gasteiger partial charge in [0.2, 0.25) is 0 Å². The van der Waals surface area contributed by atoms with Gasteiger partial charge in [-0.2, -0.15) is 0 Å². The van der Waals surface area contributed by atoms with Crippen LogP contribution in [0, 0.1) is 11.8 Å². The molecule has 116 valence electrons. The fourth-order valence-electron chi connectivity index (χ4n) is 3.28. The van der Waals surface area contributed by atoms with Crippen molar-refractivity contribution in [3.8, 4) is 0 Å². The fourth-order valence-corrected chi connectivity index (χ4v) is 3.28. The van der Waals surface area contributed by atoms with Crippen LogP contribution >= 0.6 is 0 Å². The number of hydrogen-bond donors (Lipinski definition) is 1. The summed E-state index contributed by atoms with van der Waals surface area (Å²) in [6.45, 7) is 9.26. The molecule has 2 saturated carbocycles. The Morgan fingerprint density at radius 2 is 2.00 bits per heavy atom. The molecule has 20 heavy (non-hydrogen) atoms. The summed E-state index contributed by atoms with van der Waals surface area (Å²) in [5.41, 5.74) is -0.485. The number of esters is 1. The number of likely N-dealkylation sites (N-methyl/N-ethyl adjacent to an activating group) is 1. The number of nitrogens with one attached hydrogen (secondary N) is 1. The maximum absolute atomic E-state index is 12.5. The molecule has 4 heteroatoms. The highest BCUT2D eigenvalue weighted by Gasteiger charge is 2.53. The zero-order chi connectivity index (χ0) is 14.8. The van der Waals surface area contributed by atoms with E-state index in [0.29, 0.717) is 17.9 Å². The Bertz CT molecular complexity index is 337. The first-order valence-corrected chi connectivity index (χ1v) is 8.11. The van der Waals surface area contributed by atoms with Crippen molar-refractivity contribution in [1.82, 2.24) is 10.2 Å². The number of nitrogens with zero attached hydrogens (tertiary/aromatic N) is 1. The van der Waals surface area contributed by atoms with Crippen LogP contribution in [0.3, 0.4) is 0 Å². The van der Waals surface area contributed by atoms with Crippen LogP contribution < -0.4 is 5.32 Å². The summed E-state index contributed by atoms with van der Waals surface area (Å²) < 4.78 is 5.15. The summed E-state index contributed by atoms with van der Waals surface area (Å²) in [7, 11) is 1.51. The third-order valence-electron chi connectivity index (χ3n) is 4.43. The number of carbonyl (C=O) groups excluding carboxylic acids is 1. The molecule has 0 spiro atoms. The smallest absolute Gasteiger partial charge is 0.327 e. The molecule has 0 bridgehead atoms. The molecular weight excluding hydrogens is 252 g/mol. The zero-order valence-electron chi connectivity index (χ0n) is 13.4. The molecule has 0 aromatic rings. The minimum atomic E-state index is -0.485. The lowest BCUT2D eigenvalue weighted by Crippen LogP contribution is -2.61. The molecule has 2 rings (SSSR count). The Morgan fingerprint density at radius 3 is 2.40 bits per heavy atom. The van der Waals surface area contributed by atoms with Gasteiger partial charge in [0.15, 0.2) is 0 Å². The summed E-state index contributed by atoms with van der Waals surface area (Å²) in [4.78, 5) is 15.0. The molecule has 2 aliphatic carbocycles. The van der Waals surface area contributed by atoms with Crippen molar-refractivity contribution in [2.45, 2.75) is 58.0 Å². The molecule has 0 heterocycles. The van der Waals surface area contributed by atoms with Gasteiger partial charge in [-0.05, 0) is 44.1 Å². The fraction of sp³-hybridized carbons (Fsp3) is 0.938. The minimum absolute atomic E-state index is 0.0729. The molecule has 1 N–H and O–H groups in total. The van der Waals surface area contributed by atoms with E-state index in [1.807, 2.05) is 0 Å². The number of carbonyl (C=O) groups is 1. The van der Waals surface area contributed by atoms with Crippen LogP contribution in [-0.2, 0) is 9.53 Å². The summed E-state index contributed by atoms with van der Waals surface area (Å²) >= 11 is 0. The third-order valence-corrected chi connectivity index (χ3v) is 4.43. The van der Waals surface area contributed by atoms with E-state index in [1.54, 1.807) is 0 Å². The lowest BCUT2D eigenvalue weighted by atomic mass is 9.91. The second kappa shape index (κ2) is 6.44. The van der Waals surface area contributed by atoms with Crippen molar-refractivity contribution in [1.29, 1.82) is 0 Å². The topological polar surface area (TPSA) is 41.6 Å². The van der Waals surface area contributed by atoms with Crippen LogP contribution in [0.1, 0.15) is 46.5 Å². The van der Waals surface area contributed by atoms with Gasteiger partial charge in [0.1, 0.15) is 5.54 Å². The van der Waals surface area contributed by atoms with Gasteiger partial charge in [-0.25, -0.2) is 4.79 Å². The molecule has 0 aliphatic heterocycles. The van der Waals surface area contributed by atoms with Crippen LogP contribution in [0.25, 0.3) is 0 Å². The Kier molecular flexibility index (Phi) is 5.08. The first kappa shape index (κ1) is 15.8. The first-order chi connectivity index (χ1) is 9.53. The number of ether oxygens (including phenoxy) is 1. The van der Waals surface area contributed by atoms with Gasteiger partial charge in [0.25, 0.3) is 0 Å². The SMILES string of the molecule is CCNC(CN(CC(C)C)C1CC1)(C(=O)OC)C1CC1. The summed E-state index contributed by atoms with van der Waals surface area (Å²) in [5.74, 6) is 1.01. The third kappa shape index (κ3) is 3.53. The maximum atomic E-state index is 12.5. The van der Waals surface area contributed by atoms with Crippen molar-refractivity contribution in [2.24, 2.45) is 11.8 Å². The molecule has 1 unspecified atom stereocenters. The second-order valence-electron chi connectivity index (χ2n) is 6.82. The van der Waals surface area contributed by atoms with E-state index in [0.717, 1.165) is 32.5 Å². The highest BCUT2D eigenvalue weighted by atomic mass is 16.5. The first-order valence-electron chi connectivity index (χ1n) is 8.11. The zero-order valence-corrected chi connectivity index (χ0v) is 13.4. The molecule has 2 aliphatic rings. The van der Waals surface area contributed by atoms with Gasteiger partial charge in [-0.15, -0.1) is 0 Å². The Hall–Kier alpha value is -0.610. The van der Waals surface area contributed by atoms with E-state index in [4.69, 9.17) is 4.74 Å². The Balaban J connectivity index is 2.13. The standard InChI is InChI=1S/C16H30N2O2/c1-5-17-16(13-6-7-13,15(19)20-4)11-18(10-12(2)3)14-8-9-14/h12-14,17H,5-11H2,1-4H3. The molecule has 4 nitrogen and oxygen atoms in total. The molecule has 0 amide bonds. The molecule has 0 aromatic heterocycles. The number of rotatable bonds is 9. The van der Waals surface area contributed by atoms with Crippen molar-refractivity contribution >= 4 is 5.97 Å². The predicted octanol–water partition coefficient (Wildman–Crippen LogP) is 2.04. The molecule has 0 saturated heterocycles. The normalized spacial score (nSPS) is 22.1. The van der Waals surface area contributed by atoms with E-state index in [9.17, 15) is 4.79 Å². The molecular formula is C16H30N2O2. The molecule has 0 radical (unpaired) electrons. The molecule has 2 fully saturated rings. The second-order valence-corrected chi connectivity index (χ2v) is 6.82. The van der Waals surface area contributed by atoms with E-state index in [-0.39, 0.29) is 5.97 Å². The quantitative estimate of drug-likeness (QED) is 0.657. The lowest BCUT2D eigenvalue weighted by Gasteiger charge is -2.38.